The maximum atomic E-state index is 11.4. The summed E-state index contributed by atoms with van der Waals surface area (Å²) in [6.45, 7) is 6.25. The molecule has 2 rings (SSSR count). The van der Waals surface area contributed by atoms with Crippen LogP contribution in [0.5, 0.6) is 0 Å². The van der Waals surface area contributed by atoms with E-state index in [1.54, 1.807) is 12.1 Å². The van der Waals surface area contributed by atoms with Crippen LogP contribution in [0.25, 0.3) is 0 Å². The number of rotatable bonds is 5. The van der Waals surface area contributed by atoms with Crippen LogP contribution in [0.3, 0.4) is 0 Å². The molecule has 1 aliphatic heterocycles. The fourth-order valence-corrected chi connectivity index (χ4v) is 3.26. The Hall–Kier alpha value is -0.910. The van der Waals surface area contributed by atoms with E-state index in [0.29, 0.717) is 10.3 Å². The Morgan fingerprint density at radius 3 is 2.55 bits per heavy atom. The third-order valence-corrected chi connectivity index (χ3v) is 5.05. The van der Waals surface area contributed by atoms with Gasteiger partial charge in [0.2, 0.25) is 0 Å². The van der Waals surface area contributed by atoms with Crippen LogP contribution in [0.15, 0.2) is 29.2 Å². The zero-order valence-electron chi connectivity index (χ0n) is 12.3. The maximum absolute atomic E-state index is 11.4. The van der Waals surface area contributed by atoms with Crippen LogP contribution >= 0.6 is 0 Å². The Morgan fingerprint density at radius 1 is 1.30 bits per heavy atom. The molecule has 1 saturated heterocycles. The molecule has 1 unspecified atom stereocenters. The summed E-state index contributed by atoms with van der Waals surface area (Å²) in [6.07, 6.45) is 3.72. The van der Waals surface area contributed by atoms with E-state index in [4.69, 9.17) is 0 Å². The zero-order chi connectivity index (χ0) is 14.6. The lowest BCUT2D eigenvalue weighted by Gasteiger charge is -2.34. The molecule has 1 heterocycles. The summed E-state index contributed by atoms with van der Waals surface area (Å²) in [5.74, 6) is 0. The van der Waals surface area contributed by atoms with E-state index in [9.17, 15) is 8.42 Å². The molecule has 0 amide bonds. The maximum Gasteiger partial charge on any atom is 0.175 e. The van der Waals surface area contributed by atoms with Crippen molar-refractivity contribution >= 4 is 9.84 Å². The average molecular weight is 296 g/mol. The van der Waals surface area contributed by atoms with E-state index in [0.717, 1.165) is 31.7 Å². The first-order valence-corrected chi connectivity index (χ1v) is 8.99. The standard InChI is InChI=1S/C15H24N2O2S/c1-15(8-3-9-16-11-15)12-17-10-13-4-6-14(7-5-13)20(2,18)19/h4-7,16-17H,3,8-12H2,1-2H3. The molecule has 1 aromatic carbocycles. The second-order valence-corrected chi connectivity index (χ2v) is 8.13. The Morgan fingerprint density at radius 2 is 2.00 bits per heavy atom. The van der Waals surface area contributed by atoms with Crippen molar-refractivity contribution in [1.29, 1.82) is 0 Å². The number of sulfone groups is 1. The van der Waals surface area contributed by atoms with Gasteiger partial charge in [0.1, 0.15) is 0 Å². The number of benzene rings is 1. The zero-order valence-corrected chi connectivity index (χ0v) is 13.1. The third kappa shape index (κ3) is 4.30. The molecule has 112 valence electrons. The van der Waals surface area contributed by atoms with Crippen LogP contribution in [0.4, 0.5) is 0 Å². The van der Waals surface area contributed by atoms with Crippen molar-refractivity contribution in [2.45, 2.75) is 31.2 Å². The van der Waals surface area contributed by atoms with Crippen LogP contribution in [0, 0.1) is 5.41 Å². The first-order valence-electron chi connectivity index (χ1n) is 7.10. The Kier molecular flexibility index (Phi) is 4.83. The number of hydrogen-bond acceptors (Lipinski definition) is 4. The minimum absolute atomic E-state index is 0.324. The summed E-state index contributed by atoms with van der Waals surface area (Å²) < 4.78 is 22.8. The van der Waals surface area contributed by atoms with Gasteiger partial charge >= 0.3 is 0 Å². The van der Waals surface area contributed by atoms with Gasteiger partial charge in [-0.15, -0.1) is 0 Å². The molecule has 0 radical (unpaired) electrons. The van der Waals surface area contributed by atoms with Gasteiger partial charge in [-0.25, -0.2) is 8.42 Å². The van der Waals surface area contributed by atoms with E-state index in [1.807, 2.05) is 12.1 Å². The largest absolute Gasteiger partial charge is 0.316 e. The second kappa shape index (κ2) is 6.24. The third-order valence-electron chi connectivity index (χ3n) is 3.92. The van der Waals surface area contributed by atoms with Gasteiger partial charge in [0.05, 0.1) is 4.90 Å². The lowest BCUT2D eigenvalue weighted by atomic mass is 9.83. The van der Waals surface area contributed by atoms with Crippen LogP contribution < -0.4 is 10.6 Å². The lowest BCUT2D eigenvalue weighted by molar-refractivity contribution is 0.226. The van der Waals surface area contributed by atoms with Crippen molar-refractivity contribution in [1.82, 2.24) is 10.6 Å². The normalized spacial score (nSPS) is 23.7. The predicted octanol–water partition coefficient (Wildman–Crippen LogP) is 1.57. The van der Waals surface area contributed by atoms with Gasteiger partial charge in [0.15, 0.2) is 9.84 Å². The summed E-state index contributed by atoms with van der Waals surface area (Å²) in [7, 11) is -3.10. The molecule has 0 aromatic heterocycles. The van der Waals surface area contributed by atoms with Gasteiger partial charge in [-0.3, -0.25) is 0 Å². The van der Waals surface area contributed by atoms with Gasteiger partial charge in [-0.05, 0) is 42.5 Å². The van der Waals surface area contributed by atoms with Crippen LogP contribution in [0.2, 0.25) is 0 Å². The van der Waals surface area contributed by atoms with Crippen molar-refractivity contribution in [3.63, 3.8) is 0 Å². The van der Waals surface area contributed by atoms with Crippen molar-refractivity contribution in [2.24, 2.45) is 5.41 Å². The fraction of sp³-hybridized carbons (Fsp3) is 0.600. The van der Waals surface area contributed by atoms with Crippen LogP contribution in [-0.2, 0) is 16.4 Å². The average Bonchev–Trinajstić information content (AvgIpc) is 2.39. The molecule has 2 N–H and O–H groups in total. The molecule has 20 heavy (non-hydrogen) atoms. The Balaban J connectivity index is 1.85. The molecular formula is C15H24N2O2S. The Labute approximate surface area is 121 Å². The van der Waals surface area contributed by atoms with E-state index in [-0.39, 0.29) is 0 Å². The molecule has 5 heteroatoms. The van der Waals surface area contributed by atoms with Crippen molar-refractivity contribution in [2.75, 3.05) is 25.9 Å². The highest BCUT2D eigenvalue weighted by Gasteiger charge is 2.25. The molecule has 4 nitrogen and oxygen atoms in total. The molecule has 1 aliphatic rings. The first kappa shape index (κ1) is 15.5. The predicted molar refractivity (Wildman–Crippen MR) is 81.5 cm³/mol. The topological polar surface area (TPSA) is 58.2 Å². The minimum Gasteiger partial charge on any atom is -0.316 e. The highest BCUT2D eigenvalue weighted by Crippen LogP contribution is 2.24. The highest BCUT2D eigenvalue weighted by atomic mass is 32.2. The van der Waals surface area contributed by atoms with E-state index < -0.39 is 9.84 Å². The molecule has 0 saturated carbocycles. The monoisotopic (exact) mass is 296 g/mol. The quantitative estimate of drug-likeness (QED) is 0.866. The molecule has 1 aromatic rings. The molecule has 1 atom stereocenters. The molecule has 0 aliphatic carbocycles. The van der Waals surface area contributed by atoms with Crippen molar-refractivity contribution in [3.8, 4) is 0 Å². The number of nitrogens with one attached hydrogen (secondary N) is 2. The summed E-state index contributed by atoms with van der Waals surface area (Å²) in [5.41, 5.74) is 1.44. The SMILES string of the molecule is CC1(CNCc2ccc(S(C)(=O)=O)cc2)CCCNC1. The van der Waals surface area contributed by atoms with Crippen LogP contribution in [0.1, 0.15) is 25.3 Å². The number of piperidine rings is 1. The van der Waals surface area contributed by atoms with Crippen LogP contribution in [-0.4, -0.2) is 34.3 Å². The molecule has 1 fully saturated rings. The highest BCUT2D eigenvalue weighted by molar-refractivity contribution is 7.90. The first-order chi connectivity index (χ1) is 9.39. The van der Waals surface area contributed by atoms with E-state index in [2.05, 4.69) is 17.6 Å². The van der Waals surface area contributed by atoms with Gasteiger partial charge < -0.3 is 10.6 Å². The second-order valence-electron chi connectivity index (χ2n) is 6.11. The van der Waals surface area contributed by atoms with Crippen molar-refractivity contribution in [3.05, 3.63) is 29.8 Å². The van der Waals surface area contributed by atoms with Gasteiger partial charge in [0.25, 0.3) is 0 Å². The summed E-state index contributed by atoms with van der Waals surface area (Å²) in [6, 6.07) is 7.11. The number of hydrogen-bond donors (Lipinski definition) is 2. The summed E-state index contributed by atoms with van der Waals surface area (Å²) in [5, 5.41) is 6.92. The summed E-state index contributed by atoms with van der Waals surface area (Å²) >= 11 is 0. The molecular weight excluding hydrogens is 272 g/mol. The minimum atomic E-state index is -3.10. The molecule has 0 bridgehead atoms. The van der Waals surface area contributed by atoms with E-state index in [1.165, 1.54) is 19.1 Å². The van der Waals surface area contributed by atoms with E-state index >= 15 is 0 Å². The van der Waals surface area contributed by atoms with Gasteiger partial charge in [0, 0.05) is 25.9 Å². The van der Waals surface area contributed by atoms with Gasteiger partial charge in [-0.2, -0.15) is 0 Å². The lowest BCUT2D eigenvalue weighted by Crippen LogP contribution is -2.44. The van der Waals surface area contributed by atoms with Gasteiger partial charge in [-0.1, -0.05) is 19.1 Å². The Bertz CT molecular complexity index is 531. The smallest absolute Gasteiger partial charge is 0.175 e. The van der Waals surface area contributed by atoms with Crippen molar-refractivity contribution < 1.29 is 8.42 Å². The summed E-state index contributed by atoms with van der Waals surface area (Å²) in [4.78, 5) is 0.379. The fourth-order valence-electron chi connectivity index (χ4n) is 2.63. The molecule has 0 spiro atoms.